The predicted octanol–water partition coefficient (Wildman–Crippen LogP) is 6.13. The third kappa shape index (κ3) is 6.77. The molecule has 0 aliphatic rings. The Balaban J connectivity index is 1.76. The van der Waals surface area contributed by atoms with Gasteiger partial charge in [0.15, 0.2) is 18.1 Å². The molecule has 0 saturated heterocycles. The van der Waals surface area contributed by atoms with Crippen molar-refractivity contribution in [3.63, 3.8) is 0 Å². The van der Waals surface area contributed by atoms with E-state index in [0.29, 0.717) is 31.3 Å². The van der Waals surface area contributed by atoms with E-state index in [4.69, 9.17) is 21.1 Å². The lowest BCUT2D eigenvalue weighted by Gasteiger charge is -2.15. The molecular weight excluding hydrogens is 593 g/mol. The highest BCUT2D eigenvalue weighted by Gasteiger charge is 2.16. The van der Waals surface area contributed by atoms with Crippen molar-refractivity contribution in [2.75, 3.05) is 24.4 Å². The first kappa shape index (κ1) is 27.0. The number of anilines is 2. The van der Waals surface area contributed by atoms with Crippen LogP contribution in [0.1, 0.15) is 16.7 Å². The number of aryl methyl sites for hydroxylation is 1. The molecule has 0 atom stereocenters. The number of ether oxygens (including phenoxy) is 2. The maximum atomic E-state index is 12.6. The maximum Gasteiger partial charge on any atom is 0.266 e. The van der Waals surface area contributed by atoms with Gasteiger partial charge in [-0.05, 0) is 89.5 Å². The van der Waals surface area contributed by atoms with Crippen LogP contribution in [0.5, 0.6) is 11.5 Å². The Hall–Kier alpha value is -3.55. The second kappa shape index (κ2) is 12.4. The van der Waals surface area contributed by atoms with E-state index in [1.165, 1.54) is 13.2 Å². The van der Waals surface area contributed by atoms with E-state index in [-0.39, 0.29) is 18.1 Å². The van der Waals surface area contributed by atoms with Gasteiger partial charge in [-0.25, -0.2) is 0 Å². The summed E-state index contributed by atoms with van der Waals surface area (Å²) in [6.45, 7) is 3.69. The molecule has 36 heavy (non-hydrogen) atoms. The summed E-state index contributed by atoms with van der Waals surface area (Å²) in [6, 6.07) is 17.7. The summed E-state index contributed by atoms with van der Waals surface area (Å²) in [5.41, 5.74) is 3.63. The third-order valence-electron chi connectivity index (χ3n) is 5.28. The Morgan fingerprint density at radius 2 is 1.81 bits per heavy atom. The Kier molecular flexibility index (Phi) is 9.33. The van der Waals surface area contributed by atoms with Crippen LogP contribution in [0.4, 0.5) is 11.4 Å². The molecule has 3 rings (SSSR count). The van der Waals surface area contributed by atoms with Gasteiger partial charge >= 0.3 is 0 Å². The molecule has 0 unspecified atom stereocenters. The largest absolute Gasteiger partial charge is 0.493 e. The van der Waals surface area contributed by atoms with Crippen LogP contribution in [-0.2, 0) is 9.59 Å². The molecule has 2 N–H and O–H groups in total. The van der Waals surface area contributed by atoms with Gasteiger partial charge in [0.1, 0.15) is 11.6 Å². The average molecular weight is 616 g/mol. The number of carbonyl (C=O) groups excluding carboxylic acids is 2. The number of amides is 2. The fourth-order valence-corrected chi connectivity index (χ4v) is 4.21. The van der Waals surface area contributed by atoms with Gasteiger partial charge in [0, 0.05) is 5.69 Å². The van der Waals surface area contributed by atoms with Gasteiger partial charge in [0.25, 0.3) is 11.8 Å². The van der Waals surface area contributed by atoms with Gasteiger partial charge in [-0.2, -0.15) is 5.26 Å². The average Bonchev–Trinajstić information content (AvgIpc) is 2.85. The van der Waals surface area contributed by atoms with Crippen LogP contribution in [0.2, 0.25) is 5.02 Å². The standard InChI is InChI=1S/C27H23ClIN3O4/c1-16-7-6-10-22(17(16)2)31-25(33)15-36-26-21(29)12-18(13-24(26)35-3)11-19(14-30)27(34)32-23-9-5-4-8-20(23)28/h4-13H,15H2,1-3H3,(H,31,33)(H,32,34)/b19-11+. The molecule has 3 aromatic rings. The minimum Gasteiger partial charge on any atom is -0.493 e. The van der Waals surface area contributed by atoms with Crippen molar-refractivity contribution in [1.82, 2.24) is 0 Å². The van der Waals surface area contributed by atoms with Gasteiger partial charge in [0.05, 0.1) is 21.4 Å². The fourth-order valence-electron chi connectivity index (χ4n) is 3.24. The molecule has 0 spiro atoms. The van der Waals surface area contributed by atoms with Crippen LogP contribution in [0.15, 0.2) is 60.2 Å². The third-order valence-corrected chi connectivity index (χ3v) is 6.41. The molecule has 0 radical (unpaired) electrons. The molecule has 0 bridgehead atoms. The van der Waals surface area contributed by atoms with Gasteiger partial charge in [-0.3, -0.25) is 9.59 Å². The number of para-hydroxylation sites is 1. The number of carbonyl (C=O) groups is 2. The van der Waals surface area contributed by atoms with Gasteiger partial charge in [-0.15, -0.1) is 0 Å². The number of rotatable bonds is 8. The number of nitrogens with zero attached hydrogens (tertiary/aromatic N) is 1. The van der Waals surface area contributed by atoms with Crippen LogP contribution in [0.3, 0.4) is 0 Å². The first-order valence-corrected chi connectivity index (χ1v) is 12.2. The predicted molar refractivity (Wildman–Crippen MR) is 149 cm³/mol. The number of halogens is 2. The molecule has 184 valence electrons. The zero-order valence-corrected chi connectivity index (χ0v) is 22.7. The number of methoxy groups -OCH3 is 1. The molecule has 2 amide bonds. The number of hydrogen-bond acceptors (Lipinski definition) is 5. The summed E-state index contributed by atoms with van der Waals surface area (Å²) in [6.07, 6.45) is 1.44. The minimum absolute atomic E-state index is 0.116. The van der Waals surface area contributed by atoms with Crippen LogP contribution in [0.25, 0.3) is 6.08 Å². The molecule has 0 aliphatic carbocycles. The molecule has 3 aromatic carbocycles. The molecule has 0 aromatic heterocycles. The van der Waals surface area contributed by atoms with Crippen molar-refractivity contribution < 1.29 is 19.1 Å². The minimum atomic E-state index is -0.594. The van der Waals surface area contributed by atoms with Gasteiger partial charge in [-0.1, -0.05) is 35.9 Å². The molecule has 0 heterocycles. The van der Waals surface area contributed by atoms with E-state index < -0.39 is 5.91 Å². The molecule has 0 saturated carbocycles. The van der Waals surface area contributed by atoms with Crippen molar-refractivity contribution in [1.29, 1.82) is 5.26 Å². The maximum absolute atomic E-state index is 12.6. The highest BCUT2D eigenvalue weighted by atomic mass is 127. The van der Waals surface area contributed by atoms with E-state index in [1.54, 1.807) is 36.4 Å². The van der Waals surface area contributed by atoms with Crippen LogP contribution in [0, 0.1) is 28.7 Å². The lowest BCUT2D eigenvalue weighted by atomic mass is 10.1. The monoisotopic (exact) mass is 615 g/mol. The lowest BCUT2D eigenvalue weighted by Crippen LogP contribution is -2.21. The fraction of sp³-hybridized carbons (Fsp3) is 0.148. The van der Waals surface area contributed by atoms with E-state index in [2.05, 4.69) is 10.6 Å². The summed E-state index contributed by atoms with van der Waals surface area (Å²) in [5, 5.41) is 15.4. The number of benzene rings is 3. The second-order valence-electron chi connectivity index (χ2n) is 7.72. The molecule has 7 nitrogen and oxygen atoms in total. The van der Waals surface area contributed by atoms with E-state index >= 15 is 0 Å². The van der Waals surface area contributed by atoms with E-state index in [9.17, 15) is 14.9 Å². The van der Waals surface area contributed by atoms with Crippen LogP contribution in [-0.4, -0.2) is 25.5 Å². The van der Waals surface area contributed by atoms with Crippen molar-refractivity contribution in [3.05, 3.63) is 85.5 Å². The smallest absolute Gasteiger partial charge is 0.266 e. The van der Waals surface area contributed by atoms with Crippen molar-refractivity contribution in [2.45, 2.75) is 13.8 Å². The molecule has 0 fully saturated rings. The summed E-state index contributed by atoms with van der Waals surface area (Å²) < 4.78 is 11.9. The highest BCUT2D eigenvalue weighted by Crippen LogP contribution is 2.35. The Bertz CT molecular complexity index is 1380. The Morgan fingerprint density at radius 3 is 2.50 bits per heavy atom. The molecule has 9 heteroatoms. The first-order chi connectivity index (χ1) is 17.2. The zero-order valence-electron chi connectivity index (χ0n) is 19.8. The molecular formula is C27H23ClIN3O4. The summed E-state index contributed by atoms with van der Waals surface area (Å²) >= 11 is 8.14. The second-order valence-corrected chi connectivity index (χ2v) is 9.29. The quantitative estimate of drug-likeness (QED) is 0.180. The molecule has 0 aliphatic heterocycles. The summed E-state index contributed by atoms with van der Waals surface area (Å²) in [7, 11) is 1.47. The lowest BCUT2D eigenvalue weighted by molar-refractivity contribution is -0.118. The van der Waals surface area contributed by atoms with Crippen LogP contribution < -0.4 is 20.1 Å². The number of nitriles is 1. The van der Waals surface area contributed by atoms with E-state index in [1.807, 2.05) is 60.7 Å². The van der Waals surface area contributed by atoms with Crippen molar-refractivity contribution in [2.24, 2.45) is 0 Å². The van der Waals surface area contributed by atoms with Gasteiger partial charge < -0.3 is 20.1 Å². The number of nitrogens with one attached hydrogen (secondary N) is 2. The topological polar surface area (TPSA) is 100 Å². The van der Waals surface area contributed by atoms with Crippen molar-refractivity contribution in [3.8, 4) is 17.6 Å². The van der Waals surface area contributed by atoms with E-state index in [0.717, 1.165) is 16.8 Å². The Labute approximate surface area is 228 Å². The van der Waals surface area contributed by atoms with Gasteiger partial charge in [0.2, 0.25) is 0 Å². The van der Waals surface area contributed by atoms with Crippen molar-refractivity contribution >= 4 is 63.5 Å². The Morgan fingerprint density at radius 1 is 1.08 bits per heavy atom. The van der Waals surface area contributed by atoms with Crippen LogP contribution >= 0.6 is 34.2 Å². The first-order valence-electron chi connectivity index (χ1n) is 10.8. The zero-order chi connectivity index (χ0) is 26.2. The SMILES string of the molecule is COc1cc(/C=C(\C#N)C(=O)Nc2ccccc2Cl)cc(I)c1OCC(=O)Nc1cccc(C)c1C. The summed E-state index contributed by atoms with van der Waals surface area (Å²) in [5.74, 6) is -0.168. The summed E-state index contributed by atoms with van der Waals surface area (Å²) in [4.78, 5) is 25.1. The normalized spacial score (nSPS) is 10.8. The highest BCUT2D eigenvalue weighted by molar-refractivity contribution is 14.1. The number of hydrogen-bond donors (Lipinski definition) is 2.